The van der Waals surface area contributed by atoms with Crippen molar-refractivity contribution in [2.45, 2.75) is 6.92 Å². The van der Waals surface area contributed by atoms with Crippen molar-refractivity contribution >= 4 is 17.7 Å². The summed E-state index contributed by atoms with van der Waals surface area (Å²) in [5, 5.41) is 3.44. The first-order valence-corrected chi connectivity index (χ1v) is 7.70. The fourth-order valence-electron chi connectivity index (χ4n) is 2.42. The first kappa shape index (κ1) is 16.3. The topological polar surface area (TPSA) is 92.4 Å². The lowest BCUT2D eigenvalue weighted by atomic mass is 10.2. The summed E-state index contributed by atoms with van der Waals surface area (Å²) in [7, 11) is 0. The number of ether oxygens (including phenoxy) is 1. The summed E-state index contributed by atoms with van der Waals surface area (Å²) >= 11 is 0. The SMILES string of the molecule is CCOC(=O)/C(=C/c1cccn2cc(-c3ccccc3)nc12)N=[N+]=[N-]. The van der Waals surface area contributed by atoms with Crippen LogP contribution in [0.5, 0.6) is 0 Å². The Labute approximate surface area is 143 Å². The molecule has 7 nitrogen and oxygen atoms in total. The zero-order chi connectivity index (χ0) is 17.6. The van der Waals surface area contributed by atoms with Crippen molar-refractivity contribution in [3.05, 3.63) is 76.6 Å². The van der Waals surface area contributed by atoms with Gasteiger partial charge in [-0.1, -0.05) is 35.4 Å². The third kappa shape index (κ3) is 3.52. The summed E-state index contributed by atoms with van der Waals surface area (Å²) in [6.07, 6.45) is 5.25. The third-order valence-electron chi connectivity index (χ3n) is 3.51. The van der Waals surface area contributed by atoms with E-state index < -0.39 is 5.97 Å². The van der Waals surface area contributed by atoms with Crippen molar-refractivity contribution in [2.75, 3.05) is 6.61 Å². The molecule has 0 amide bonds. The van der Waals surface area contributed by atoms with Crippen molar-refractivity contribution < 1.29 is 9.53 Å². The maximum Gasteiger partial charge on any atom is 0.340 e. The van der Waals surface area contributed by atoms with Crippen molar-refractivity contribution in [3.63, 3.8) is 0 Å². The van der Waals surface area contributed by atoms with Gasteiger partial charge in [0.05, 0.1) is 12.3 Å². The molecule has 0 unspecified atom stereocenters. The van der Waals surface area contributed by atoms with Gasteiger partial charge >= 0.3 is 5.97 Å². The molecule has 0 atom stereocenters. The predicted molar refractivity (Wildman–Crippen MR) is 94.4 cm³/mol. The quantitative estimate of drug-likeness (QED) is 0.230. The van der Waals surface area contributed by atoms with E-state index in [1.165, 1.54) is 6.08 Å². The molecular formula is C18H15N5O2. The van der Waals surface area contributed by atoms with Crippen molar-refractivity contribution in [3.8, 4) is 11.3 Å². The number of pyridine rings is 1. The van der Waals surface area contributed by atoms with Crippen LogP contribution in [0.2, 0.25) is 0 Å². The second-order valence-corrected chi connectivity index (χ2v) is 5.13. The van der Waals surface area contributed by atoms with E-state index in [1.54, 1.807) is 13.0 Å². The zero-order valence-electron chi connectivity index (χ0n) is 13.5. The number of nitrogens with zero attached hydrogens (tertiary/aromatic N) is 5. The van der Waals surface area contributed by atoms with Crippen LogP contribution in [0, 0.1) is 0 Å². The normalized spacial score (nSPS) is 11.2. The van der Waals surface area contributed by atoms with Gasteiger partial charge in [0.1, 0.15) is 11.3 Å². The molecule has 0 saturated heterocycles. The molecule has 0 aliphatic carbocycles. The van der Waals surface area contributed by atoms with Gasteiger partial charge in [0.15, 0.2) is 0 Å². The van der Waals surface area contributed by atoms with Gasteiger partial charge in [-0.25, -0.2) is 9.78 Å². The van der Waals surface area contributed by atoms with Crippen LogP contribution in [0.3, 0.4) is 0 Å². The van der Waals surface area contributed by atoms with Crippen LogP contribution in [-0.2, 0) is 9.53 Å². The Balaban J connectivity index is 2.10. The lowest BCUT2D eigenvalue weighted by molar-refractivity contribution is -0.138. The molecule has 0 aliphatic heterocycles. The van der Waals surface area contributed by atoms with Gasteiger partial charge in [-0.3, -0.25) is 0 Å². The fourth-order valence-corrected chi connectivity index (χ4v) is 2.42. The van der Waals surface area contributed by atoms with E-state index in [9.17, 15) is 4.79 Å². The van der Waals surface area contributed by atoms with E-state index in [2.05, 4.69) is 15.0 Å². The first-order chi connectivity index (χ1) is 12.2. The molecule has 1 aromatic carbocycles. The third-order valence-corrected chi connectivity index (χ3v) is 3.51. The number of hydrogen-bond acceptors (Lipinski definition) is 4. The summed E-state index contributed by atoms with van der Waals surface area (Å²) in [5.41, 5.74) is 11.7. The molecule has 0 spiro atoms. The largest absolute Gasteiger partial charge is 0.462 e. The maximum absolute atomic E-state index is 11.9. The summed E-state index contributed by atoms with van der Waals surface area (Å²) in [5.74, 6) is -0.669. The highest BCUT2D eigenvalue weighted by Gasteiger charge is 2.12. The highest BCUT2D eigenvalue weighted by molar-refractivity contribution is 5.94. The van der Waals surface area contributed by atoms with Gasteiger partial charge in [-0.2, -0.15) is 0 Å². The van der Waals surface area contributed by atoms with Gasteiger partial charge < -0.3 is 9.14 Å². The summed E-state index contributed by atoms with van der Waals surface area (Å²) in [6, 6.07) is 13.4. The average Bonchev–Trinajstić information content (AvgIpc) is 3.07. The van der Waals surface area contributed by atoms with Gasteiger partial charge in [0.2, 0.25) is 0 Å². The van der Waals surface area contributed by atoms with Crippen molar-refractivity contribution in [2.24, 2.45) is 5.11 Å². The summed E-state index contributed by atoms with van der Waals surface area (Å²) in [6.45, 7) is 1.88. The minimum absolute atomic E-state index is 0.110. The van der Waals surface area contributed by atoms with Crippen LogP contribution in [0.15, 0.2) is 65.7 Å². The number of rotatable bonds is 5. The van der Waals surface area contributed by atoms with E-state index in [0.717, 1.165) is 11.3 Å². The summed E-state index contributed by atoms with van der Waals surface area (Å²) < 4.78 is 6.77. The Kier molecular flexibility index (Phi) is 4.78. The highest BCUT2D eigenvalue weighted by atomic mass is 16.5. The molecule has 3 aromatic rings. The number of esters is 1. The Hall–Kier alpha value is -3.57. The number of imidazole rings is 1. The minimum atomic E-state index is -0.669. The van der Waals surface area contributed by atoms with E-state index in [-0.39, 0.29) is 12.3 Å². The van der Waals surface area contributed by atoms with Gasteiger partial charge in [0, 0.05) is 28.4 Å². The standard InChI is InChI=1S/C18H15N5O2/c1-2-25-18(24)15(21-22-19)11-14-9-6-10-23-12-16(20-17(14)23)13-7-4-3-5-8-13/h3-12H,2H2,1H3/b15-11-. The molecular weight excluding hydrogens is 318 g/mol. The minimum Gasteiger partial charge on any atom is -0.462 e. The number of aromatic nitrogens is 2. The molecule has 2 aromatic heterocycles. The van der Waals surface area contributed by atoms with Gasteiger partial charge in [-0.05, 0) is 30.7 Å². The molecule has 3 rings (SSSR count). The van der Waals surface area contributed by atoms with E-state index >= 15 is 0 Å². The highest BCUT2D eigenvalue weighted by Crippen LogP contribution is 2.22. The van der Waals surface area contributed by atoms with Crippen LogP contribution in [0.4, 0.5) is 0 Å². The molecule has 0 aliphatic rings. The molecule has 2 heterocycles. The zero-order valence-corrected chi connectivity index (χ0v) is 13.5. The average molecular weight is 333 g/mol. The first-order valence-electron chi connectivity index (χ1n) is 7.70. The Bertz CT molecular complexity index is 985. The molecule has 0 N–H and O–H groups in total. The van der Waals surface area contributed by atoms with E-state index in [4.69, 9.17) is 10.3 Å². The molecule has 0 bridgehead atoms. The number of benzene rings is 1. The second-order valence-electron chi connectivity index (χ2n) is 5.13. The number of carbonyl (C=O) groups excluding carboxylic acids is 1. The molecule has 0 saturated carbocycles. The van der Waals surface area contributed by atoms with Gasteiger partial charge in [0.25, 0.3) is 0 Å². The predicted octanol–water partition coefficient (Wildman–Crippen LogP) is 4.22. The lowest BCUT2D eigenvalue weighted by Crippen LogP contribution is -2.05. The van der Waals surface area contributed by atoms with Crippen molar-refractivity contribution in [1.29, 1.82) is 0 Å². The van der Waals surface area contributed by atoms with Crippen molar-refractivity contribution in [1.82, 2.24) is 9.38 Å². The smallest absolute Gasteiger partial charge is 0.340 e. The fraction of sp³-hybridized carbons (Fsp3) is 0.111. The van der Waals surface area contributed by atoms with Gasteiger partial charge in [-0.15, -0.1) is 0 Å². The maximum atomic E-state index is 11.9. The van der Waals surface area contributed by atoms with Crippen LogP contribution in [0.1, 0.15) is 12.5 Å². The summed E-state index contributed by atoms with van der Waals surface area (Å²) in [4.78, 5) is 19.2. The monoisotopic (exact) mass is 333 g/mol. The van der Waals surface area contributed by atoms with Crippen LogP contribution < -0.4 is 0 Å². The molecule has 7 heteroatoms. The lowest BCUT2D eigenvalue weighted by Gasteiger charge is -2.02. The molecule has 25 heavy (non-hydrogen) atoms. The second kappa shape index (κ2) is 7.33. The van der Waals surface area contributed by atoms with Crippen LogP contribution >= 0.6 is 0 Å². The Morgan fingerprint density at radius 2 is 2.12 bits per heavy atom. The van der Waals surface area contributed by atoms with E-state index in [0.29, 0.717) is 11.2 Å². The molecule has 124 valence electrons. The number of hydrogen-bond donors (Lipinski definition) is 0. The Morgan fingerprint density at radius 1 is 1.32 bits per heavy atom. The van der Waals surface area contributed by atoms with Crippen LogP contribution in [-0.4, -0.2) is 22.0 Å². The Morgan fingerprint density at radius 3 is 2.84 bits per heavy atom. The number of azide groups is 1. The molecule has 0 radical (unpaired) electrons. The van der Waals surface area contributed by atoms with Crippen LogP contribution in [0.25, 0.3) is 33.4 Å². The number of fused-ring (bicyclic) bond motifs is 1. The number of carbonyl (C=O) groups is 1. The molecule has 0 fully saturated rings. The van der Waals surface area contributed by atoms with E-state index in [1.807, 2.05) is 53.2 Å².